The maximum atomic E-state index is 10.8. The molecule has 0 heterocycles. The summed E-state index contributed by atoms with van der Waals surface area (Å²) in [4.78, 5) is 0. The molecule has 0 spiro atoms. The van der Waals surface area contributed by atoms with Gasteiger partial charge in [-0.05, 0) is 6.42 Å². The molecule has 1 atom stereocenters. The summed E-state index contributed by atoms with van der Waals surface area (Å²) in [6.45, 7) is 3.45. The molecule has 74 valence electrons. The molecular weight excluding hydrogens is 179 g/mol. The van der Waals surface area contributed by atoms with Gasteiger partial charge < -0.3 is 10.3 Å². The second kappa shape index (κ2) is 9.16. The van der Waals surface area contributed by atoms with Crippen LogP contribution in [0.15, 0.2) is 0 Å². The van der Waals surface area contributed by atoms with Crippen LogP contribution in [0.2, 0.25) is 0 Å². The van der Waals surface area contributed by atoms with Gasteiger partial charge in [-0.1, -0.05) is 13.3 Å². The summed E-state index contributed by atoms with van der Waals surface area (Å²) in [7, 11) is -2.35. The number of hydroxylamine groups is 1. The molecule has 12 heavy (non-hydrogen) atoms. The number of rotatable bonds is 8. The first-order chi connectivity index (χ1) is 5.81. The van der Waals surface area contributed by atoms with Gasteiger partial charge in [0.15, 0.2) is 0 Å². The van der Waals surface area contributed by atoms with Crippen LogP contribution in [0.3, 0.4) is 0 Å². The van der Waals surface area contributed by atoms with E-state index >= 15 is 0 Å². The van der Waals surface area contributed by atoms with Crippen molar-refractivity contribution in [3.63, 3.8) is 0 Å². The van der Waals surface area contributed by atoms with Crippen molar-refractivity contribution in [3.8, 4) is 0 Å². The second-order valence-corrected chi connectivity index (χ2v) is 3.23. The monoisotopic (exact) mass is 196 g/mol. The Bertz CT molecular complexity index is 111. The maximum Gasteiger partial charge on any atom is 0.335 e. The van der Waals surface area contributed by atoms with E-state index in [1.807, 2.05) is 6.92 Å². The zero-order chi connectivity index (χ0) is 9.23. The first kappa shape index (κ1) is 12.1. The van der Waals surface area contributed by atoms with E-state index in [9.17, 15) is 4.57 Å². The number of hydrogen-bond acceptors (Lipinski definition) is 5. The van der Waals surface area contributed by atoms with Crippen molar-refractivity contribution in [3.05, 3.63) is 0 Å². The van der Waals surface area contributed by atoms with E-state index in [0.29, 0.717) is 19.7 Å². The lowest BCUT2D eigenvalue weighted by atomic mass is 10.4. The van der Waals surface area contributed by atoms with Gasteiger partial charge in [0.1, 0.15) is 0 Å². The minimum absolute atomic E-state index is 0.449. The molecule has 5 nitrogen and oxygen atoms in total. The van der Waals surface area contributed by atoms with Gasteiger partial charge in [0.2, 0.25) is 0 Å². The summed E-state index contributed by atoms with van der Waals surface area (Å²) in [5.41, 5.74) is 7.61. The predicted octanol–water partition coefficient (Wildman–Crippen LogP) is 0.673. The summed E-state index contributed by atoms with van der Waals surface area (Å²) in [5, 5.41) is 0. The molecule has 0 bridgehead atoms. The molecule has 1 unspecified atom stereocenters. The Balaban J connectivity index is 3.10. The van der Waals surface area contributed by atoms with E-state index in [4.69, 9.17) is 10.3 Å². The van der Waals surface area contributed by atoms with E-state index in [1.165, 1.54) is 0 Å². The van der Waals surface area contributed by atoms with Crippen LogP contribution in [-0.2, 0) is 13.7 Å². The van der Waals surface area contributed by atoms with Gasteiger partial charge in [-0.15, -0.1) is 0 Å². The molecule has 0 fully saturated rings. The van der Waals surface area contributed by atoms with Crippen LogP contribution in [-0.4, -0.2) is 19.7 Å². The molecule has 0 aromatic rings. The maximum absolute atomic E-state index is 10.8. The van der Waals surface area contributed by atoms with E-state index in [2.05, 4.69) is 10.1 Å². The lowest BCUT2D eigenvalue weighted by Gasteiger charge is -2.04. The summed E-state index contributed by atoms with van der Waals surface area (Å²) in [5.74, 6) is 0. The van der Waals surface area contributed by atoms with Gasteiger partial charge in [-0.3, -0.25) is 4.57 Å². The van der Waals surface area contributed by atoms with Gasteiger partial charge in [0, 0.05) is 13.1 Å². The summed E-state index contributed by atoms with van der Waals surface area (Å²) < 4.78 is 20.3. The molecule has 0 aliphatic rings. The Morgan fingerprint density at radius 2 is 2.33 bits per heavy atom. The molecule has 0 saturated carbocycles. The SMILES string of the molecule is CCCCO[PH](=O)ONCCN. The van der Waals surface area contributed by atoms with E-state index in [0.717, 1.165) is 12.8 Å². The normalized spacial score (nSPS) is 13.2. The fourth-order valence-electron chi connectivity index (χ4n) is 0.498. The summed E-state index contributed by atoms with van der Waals surface area (Å²) in [6, 6.07) is 0. The minimum Gasteiger partial charge on any atom is -0.329 e. The van der Waals surface area contributed by atoms with E-state index < -0.39 is 8.25 Å². The first-order valence-electron chi connectivity index (χ1n) is 4.07. The Hall–Kier alpha value is 0.0700. The lowest BCUT2D eigenvalue weighted by Crippen LogP contribution is -2.20. The van der Waals surface area contributed by atoms with Gasteiger partial charge in [-0.2, -0.15) is 5.48 Å². The highest BCUT2D eigenvalue weighted by Gasteiger charge is 1.97. The van der Waals surface area contributed by atoms with Crippen LogP contribution in [0.25, 0.3) is 0 Å². The molecule has 0 radical (unpaired) electrons. The second-order valence-electron chi connectivity index (χ2n) is 2.24. The molecule has 0 saturated heterocycles. The third-order valence-electron chi connectivity index (χ3n) is 1.12. The third-order valence-corrected chi connectivity index (χ3v) is 1.87. The predicted molar refractivity (Wildman–Crippen MR) is 48.0 cm³/mol. The van der Waals surface area contributed by atoms with Crippen molar-refractivity contribution in [2.24, 2.45) is 5.73 Å². The molecule has 0 aliphatic carbocycles. The molecule has 3 N–H and O–H groups in total. The zero-order valence-electron chi connectivity index (χ0n) is 7.34. The molecule has 0 aromatic heterocycles. The van der Waals surface area contributed by atoms with Crippen molar-refractivity contribution in [2.75, 3.05) is 19.7 Å². The average Bonchev–Trinajstić information content (AvgIpc) is 2.06. The van der Waals surface area contributed by atoms with Crippen molar-refractivity contribution < 1.29 is 13.7 Å². The Kier molecular flexibility index (Phi) is 9.21. The fourth-order valence-corrected chi connectivity index (χ4v) is 1.09. The molecule has 0 rings (SSSR count). The highest BCUT2D eigenvalue weighted by atomic mass is 31.1. The Morgan fingerprint density at radius 3 is 2.92 bits per heavy atom. The number of hydrogen-bond donors (Lipinski definition) is 2. The van der Waals surface area contributed by atoms with Crippen LogP contribution in [0.5, 0.6) is 0 Å². The van der Waals surface area contributed by atoms with Crippen LogP contribution >= 0.6 is 8.25 Å². The van der Waals surface area contributed by atoms with Crippen LogP contribution in [0, 0.1) is 0 Å². The van der Waals surface area contributed by atoms with Crippen LogP contribution < -0.4 is 11.2 Å². The highest BCUT2D eigenvalue weighted by molar-refractivity contribution is 7.33. The van der Waals surface area contributed by atoms with Gasteiger partial charge in [0.25, 0.3) is 0 Å². The quantitative estimate of drug-likeness (QED) is 0.339. The smallest absolute Gasteiger partial charge is 0.329 e. The Morgan fingerprint density at radius 1 is 1.58 bits per heavy atom. The van der Waals surface area contributed by atoms with Crippen molar-refractivity contribution in [2.45, 2.75) is 19.8 Å². The van der Waals surface area contributed by atoms with Gasteiger partial charge in [-0.25, -0.2) is 4.62 Å². The average molecular weight is 196 g/mol. The molecule has 0 aromatic carbocycles. The van der Waals surface area contributed by atoms with Crippen molar-refractivity contribution in [1.29, 1.82) is 0 Å². The highest BCUT2D eigenvalue weighted by Crippen LogP contribution is 2.21. The minimum atomic E-state index is -2.35. The molecule has 0 amide bonds. The number of nitrogens with two attached hydrogens (primary N) is 1. The van der Waals surface area contributed by atoms with Crippen molar-refractivity contribution in [1.82, 2.24) is 5.48 Å². The zero-order valence-corrected chi connectivity index (χ0v) is 8.34. The molecular formula is C6H17N2O3P. The fraction of sp³-hybridized carbons (Fsp3) is 1.00. The number of unbranched alkanes of at least 4 members (excludes halogenated alkanes) is 1. The topological polar surface area (TPSA) is 73.6 Å². The Labute approximate surface area is 73.5 Å². The standard InChI is InChI=1S/C6H17N2O3P/c1-2-3-6-10-12(9)11-8-5-4-7/h8,12H,2-7H2,1H3. The van der Waals surface area contributed by atoms with Crippen molar-refractivity contribution >= 4 is 8.25 Å². The first-order valence-corrected chi connectivity index (χ1v) is 5.30. The third kappa shape index (κ3) is 8.17. The molecule has 6 heteroatoms. The number of nitrogens with one attached hydrogen (secondary N) is 1. The summed E-state index contributed by atoms with van der Waals surface area (Å²) >= 11 is 0. The largest absolute Gasteiger partial charge is 0.335 e. The lowest BCUT2D eigenvalue weighted by molar-refractivity contribution is 0.158. The summed E-state index contributed by atoms with van der Waals surface area (Å²) in [6.07, 6.45) is 1.92. The van der Waals surface area contributed by atoms with Gasteiger partial charge >= 0.3 is 8.25 Å². The van der Waals surface area contributed by atoms with Crippen LogP contribution in [0.4, 0.5) is 0 Å². The van der Waals surface area contributed by atoms with E-state index in [1.54, 1.807) is 0 Å². The molecule has 0 aliphatic heterocycles. The van der Waals surface area contributed by atoms with E-state index in [-0.39, 0.29) is 0 Å². The van der Waals surface area contributed by atoms with Gasteiger partial charge in [0.05, 0.1) is 6.61 Å². The van der Waals surface area contributed by atoms with Crippen LogP contribution in [0.1, 0.15) is 19.8 Å².